The van der Waals surface area contributed by atoms with Crippen LogP contribution in [0.3, 0.4) is 0 Å². The molecule has 0 bridgehead atoms. The van der Waals surface area contributed by atoms with Gasteiger partial charge in [0.25, 0.3) is 11.5 Å². The first-order valence-electron chi connectivity index (χ1n) is 8.33. The standard InChI is InChI=1S/C17H17F6NO4S/c1-3-11-7-24(14(26)8-28-9(2)25)12-5-4-10(6-13(12)29-11)15(27,16(18,19)20)17(21,22)23/h4-6,11,27H,3,7-8H2,1-2H3/t11-/m0/s1. The smallest absolute Gasteiger partial charge is 0.430 e. The molecule has 0 aromatic heterocycles. The maximum absolute atomic E-state index is 13.2. The van der Waals surface area contributed by atoms with Crippen molar-refractivity contribution in [2.75, 3.05) is 18.1 Å². The van der Waals surface area contributed by atoms with Gasteiger partial charge in [-0.1, -0.05) is 13.0 Å². The Morgan fingerprint density at radius 1 is 1.21 bits per heavy atom. The number of carbonyl (C=O) groups excluding carboxylic acids is 2. The number of alkyl halides is 6. The van der Waals surface area contributed by atoms with Gasteiger partial charge in [-0.05, 0) is 18.6 Å². The highest BCUT2D eigenvalue weighted by atomic mass is 32.2. The van der Waals surface area contributed by atoms with E-state index in [-0.39, 0.29) is 22.4 Å². The zero-order chi connectivity index (χ0) is 22.2. The maximum Gasteiger partial charge on any atom is 0.430 e. The molecule has 1 aromatic carbocycles. The van der Waals surface area contributed by atoms with Crippen LogP contribution in [0.4, 0.5) is 32.0 Å². The number of amides is 1. The molecule has 1 aliphatic rings. The summed E-state index contributed by atoms with van der Waals surface area (Å²) >= 11 is 1.01. The number of carbonyl (C=O) groups is 2. The second-order valence-corrected chi connectivity index (χ2v) is 7.66. The van der Waals surface area contributed by atoms with Crippen LogP contribution in [0.1, 0.15) is 25.8 Å². The van der Waals surface area contributed by atoms with Gasteiger partial charge in [0.15, 0.2) is 6.61 Å². The first-order valence-corrected chi connectivity index (χ1v) is 9.21. The highest BCUT2D eigenvalue weighted by molar-refractivity contribution is 8.00. The molecular formula is C17H17F6NO4S. The van der Waals surface area contributed by atoms with E-state index in [0.717, 1.165) is 29.7 Å². The SMILES string of the molecule is CC[C@H]1CN(C(=O)COC(C)=O)c2ccc(C(O)(C(F)(F)F)C(F)(F)F)cc2S1. The van der Waals surface area contributed by atoms with Crippen molar-refractivity contribution in [2.45, 2.75) is 48.4 Å². The van der Waals surface area contributed by atoms with Crippen molar-refractivity contribution >= 4 is 29.3 Å². The van der Waals surface area contributed by atoms with Crippen molar-refractivity contribution in [2.24, 2.45) is 0 Å². The van der Waals surface area contributed by atoms with Gasteiger partial charge in [0.2, 0.25) is 0 Å². The molecule has 0 saturated carbocycles. The van der Waals surface area contributed by atoms with Gasteiger partial charge in [0.05, 0.1) is 5.69 Å². The van der Waals surface area contributed by atoms with Crippen molar-refractivity contribution in [3.05, 3.63) is 23.8 Å². The molecule has 1 atom stereocenters. The molecule has 2 rings (SSSR count). The number of nitrogens with zero attached hydrogens (tertiary/aromatic N) is 1. The van der Waals surface area contributed by atoms with Gasteiger partial charge in [-0.3, -0.25) is 9.59 Å². The fourth-order valence-electron chi connectivity index (χ4n) is 2.75. The molecule has 162 valence electrons. The van der Waals surface area contributed by atoms with E-state index in [1.165, 1.54) is 0 Å². The van der Waals surface area contributed by atoms with Crippen LogP contribution >= 0.6 is 11.8 Å². The van der Waals surface area contributed by atoms with Crippen LogP contribution < -0.4 is 4.90 Å². The summed E-state index contributed by atoms with van der Waals surface area (Å²) in [7, 11) is 0. The largest absolute Gasteiger partial charge is 0.456 e. The zero-order valence-electron chi connectivity index (χ0n) is 15.2. The Hall–Kier alpha value is -1.95. The van der Waals surface area contributed by atoms with Gasteiger partial charge >= 0.3 is 18.3 Å². The van der Waals surface area contributed by atoms with E-state index in [1.807, 2.05) is 0 Å². The van der Waals surface area contributed by atoms with E-state index in [1.54, 1.807) is 6.92 Å². The summed E-state index contributed by atoms with van der Waals surface area (Å²) < 4.78 is 83.5. The van der Waals surface area contributed by atoms with E-state index >= 15 is 0 Å². The molecule has 1 amide bonds. The third-order valence-electron chi connectivity index (χ3n) is 4.32. The van der Waals surface area contributed by atoms with Crippen molar-refractivity contribution < 1.29 is 45.8 Å². The number of benzene rings is 1. The second-order valence-electron chi connectivity index (χ2n) is 6.32. The van der Waals surface area contributed by atoms with Gasteiger partial charge in [-0.15, -0.1) is 11.8 Å². The molecular weight excluding hydrogens is 428 g/mol. The first-order chi connectivity index (χ1) is 13.2. The monoisotopic (exact) mass is 445 g/mol. The van der Waals surface area contributed by atoms with E-state index in [9.17, 15) is 41.0 Å². The topological polar surface area (TPSA) is 66.8 Å². The average molecular weight is 445 g/mol. The summed E-state index contributed by atoms with van der Waals surface area (Å²) in [4.78, 5) is 24.4. The Bertz CT molecular complexity index is 781. The second kappa shape index (κ2) is 8.05. The number of rotatable bonds is 4. The summed E-state index contributed by atoms with van der Waals surface area (Å²) in [5.74, 6) is -1.39. The Morgan fingerprint density at radius 2 is 1.79 bits per heavy atom. The van der Waals surface area contributed by atoms with Crippen molar-refractivity contribution in [1.29, 1.82) is 0 Å². The number of hydrogen-bond acceptors (Lipinski definition) is 5. The number of fused-ring (bicyclic) bond motifs is 1. The average Bonchev–Trinajstić information content (AvgIpc) is 2.61. The van der Waals surface area contributed by atoms with Crippen molar-refractivity contribution in [3.8, 4) is 0 Å². The van der Waals surface area contributed by atoms with Gasteiger partial charge in [-0.2, -0.15) is 26.3 Å². The lowest BCUT2D eigenvalue weighted by Crippen LogP contribution is -2.54. The number of hydrogen-bond donors (Lipinski definition) is 1. The van der Waals surface area contributed by atoms with Crippen LogP contribution in [0.5, 0.6) is 0 Å². The molecule has 12 heteroatoms. The fourth-order valence-corrected chi connectivity index (χ4v) is 4.00. The lowest BCUT2D eigenvalue weighted by molar-refractivity contribution is -0.376. The predicted molar refractivity (Wildman–Crippen MR) is 91.4 cm³/mol. The number of esters is 1. The highest BCUT2D eigenvalue weighted by Gasteiger charge is 2.71. The normalized spacial score (nSPS) is 17.7. The van der Waals surface area contributed by atoms with Crippen molar-refractivity contribution in [3.63, 3.8) is 0 Å². The van der Waals surface area contributed by atoms with Gasteiger partial charge < -0.3 is 14.7 Å². The molecule has 0 fully saturated rings. The summed E-state index contributed by atoms with van der Waals surface area (Å²) in [6.07, 6.45) is -11.5. The zero-order valence-corrected chi connectivity index (χ0v) is 16.0. The van der Waals surface area contributed by atoms with Crippen molar-refractivity contribution in [1.82, 2.24) is 0 Å². The minimum absolute atomic E-state index is 0.0244. The Morgan fingerprint density at radius 3 is 2.28 bits per heavy atom. The number of halogens is 6. The third-order valence-corrected chi connectivity index (χ3v) is 5.72. The van der Waals surface area contributed by atoms with E-state index in [2.05, 4.69) is 4.74 Å². The summed E-state index contributed by atoms with van der Waals surface area (Å²) in [6.45, 7) is 2.34. The molecule has 0 saturated heterocycles. The number of anilines is 1. The minimum atomic E-state index is -6.01. The molecule has 1 aliphatic heterocycles. The van der Waals surface area contributed by atoms with Gasteiger partial charge in [0, 0.05) is 29.2 Å². The number of ether oxygens (including phenoxy) is 1. The summed E-state index contributed by atoms with van der Waals surface area (Å²) in [5, 5.41) is 9.29. The molecule has 5 nitrogen and oxygen atoms in total. The molecule has 0 spiro atoms. The van der Waals surface area contributed by atoms with Crippen LogP contribution in [0, 0.1) is 0 Å². The Balaban J connectivity index is 2.52. The maximum atomic E-state index is 13.2. The van der Waals surface area contributed by atoms with Crippen LogP contribution in [0.25, 0.3) is 0 Å². The van der Waals surface area contributed by atoms with E-state index < -0.39 is 42.0 Å². The lowest BCUT2D eigenvalue weighted by Gasteiger charge is -2.36. The van der Waals surface area contributed by atoms with Crippen LogP contribution in [0.2, 0.25) is 0 Å². The van der Waals surface area contributed by atoms with Gasteiger partial charge in [-0.25, -0.2) is 0 Å². The fraction of sp³-hybridized carbons (Fsp3) is 0.529. The molecule has 1 N–H and O–H groups in total. The van der Waals surface area contributed by atoms with Gasteiger partial charge in [0.1, 0.15) is 0 Å². The Labute approximate surface area is 166 Å². The van der Waals surface area contributed by atoms with Crippen LogP contribution in [0.15, 0.2) is 23.1 Å². The van der Waals surface area contributed by atoms with E-state index in [4.69, 9.17) is 0 Å². The summed E-state index contributed by atoms with van der Waals surface area (Å²) in [5.41, 5.74) is -6.37. The highest BCUT2D eigenvalue weighted by Crippen LogP contribution is 2.52. The van der Waals surface area contributed by atoms with E-state index in [0.29, 0.717) is 18.6 Å². The quantitative estimate of drug-likeness (QED) is 0.565. The van der Waals surface area contributed by atoms with Crippen LogP contribution in [-0.2, 0) is 19.9 Å². The number of aliphatic hydroxyl groups is 1. The molecule has 1 heterocycles. The molecule has 29 heavy (non-hydrogen) atoms. The Kier molecular flexibility index (Phi) is 6.48. The molecule has 0 radical (unpaired) electrons. The third kappa shape index (κ3) is 4.47. The molecule has 1 aromatic rings. The number of thioether (sulfide) groups is 1. The predicted octanol–water partition coefficient (Wildman–Crippen LogP) is 3.78. The minimum Gasteiger partial charge on any atom is -0.456 e. The summed E-state index contributed by atoms with van der Waals surface area (Å²) in [6, 6.07) is 1.99. The molecule has 0 unspecified atom stereocenters. The lowest BCUT2D eigenvalue weighted by atomic mass is 9.92. The molecule has 0 aliphatic carbocycles. The first kappa shape index (κ1) is 23.3. The van der Waals surface area contributed by atoms with Crippen LogP contribution in [-0.4, -0.2) is 47.7 Å².